The number of benzene rings is 1. The third kappa shape index (κ3) is 6.12. The largest absolute Gasteiger partial charge is 0.489 e. The summed E-state index contributed by atoms with van der Waals surface area (Å²) in [5, 5.41) is 0.811. The van der Waals surface area contributed by atoms with Crippen LogP contribution in [0.5, 0.6) is 5.75 Å². The molecule has 1 aromatic rings. The molecule has 1 aliphatic carbocycles. The summed E-state index contributed by atoms with van der Waals surface area (Å²) in [5.41, 5.74) is 1.20. The SMILES string of the molecule is Cl.Cl.Clc1c(CN2CCCC2)cccc1OC1CC(CN2CCOCC2)C1. The van der Waals surface area contributed by atoms with Crippen molar-refractivity contribution in [2.24, 2.45) is 5.92 Å². The molecular formula is C20H31Cl3N2O2. The molecule has 154 valence electrons. The van der Waals surface area contributed by atoms with Crippen LogP contribution in [0.4, 0.5) is 0 Å². The van der Waals surface area contributed by atoms with E-state index in [1.165, 1.54) is 38.0 Å². The second-order valence-corrected chi connectivity index (χ2v) is 8.08. The Morgan fingerprint density at radius 1 is 1.00 bits per heavy atom. The summed E-state index contributed by atoms with van der Waals surface area (Å²) < 4.78 is 11.6. The van der Waals surface area contributed by atoms with Gasteiger partial charge in [-0.3, -0.25) is 9.80 Å². The molecule has 0 N–H and O–H groups in total. The summed E-state index contributed by atoms with van der Waals surface area (Å²) in [5.74, 6) is 1.63. The first-order valence-electron chi connectivity index (χ1n) is 9.74. The zero-order valence-electron chi connectivity index (χ0n) is 15.8. The molecule has 0 radical (unpaired) electrons. The van der Waals surface area contributed by atoms with Gasteiger partial charge in [-0.25, -0.2) is 0 Å². The second-order valence-electron chi connectivity index (χ2n) is 7.70. The van der Waals surface area contributed by atoms with E-state index in [1.54, 1.807) is 0 Å². The molecule has 0 aromatic heterocycles. The van der Waals surface area contributed by atoms with Gasteiger partial charge in [0.15, 0.2) is 0 Å². The highest BCUT2D eigenvalue weighted by molar-refractivity contribution is 6.32. The van der Waals surface area contributed by atoms with E-state index in [2.05, 4.69) is 21.9 Å². The van der Waals surface area contributed by atoms with Crippen molar-refractivity contribution >= 4 is 36.4 Å². The fraction of sp³-hybridized carbons (Fsp3) is 0.700. The first-order chi connectivity index (χ1) is 12.3. The van der Waals surface area contributed by atoms with Crippen LogP contribution in [-0.4, -0.2) is 61.8 Å². The summed E-state index contributed by atoms with van der Waals surface area (Å²) in [4.78, 5) is 5.00. The van der Waals surface area contributed by atoms with Crippen molar-refractivity contribution in [1.82, 2.24) is 9.80 Å². The van der Waals surface area contributed by atoms with Crippen molar-refractivity contribution in [1.29, 1.82) is 0 Å². The Labute approximate surface area is 180 Å². The fourth-order valence-electron chi connectivity index (χ4n) is 4.20. The van der Waals surface area contributed by atoms with E-state index in [1.807, 2.05) is 6.07 Å². The summed E-state index contributed by atoms with van der Waals surface area (Å²) in [6.07, 6.45) is 5.22. The van der Waals surface area contributed by atoms with Gasteiger partial charge in [-0.1, -0.05) is 23.7 Å². The number of hydrogen-bond donors (Lipinski definition) is 0. The van der Waals surface area contributed by atoms with Gasteiger partial charge in [-0.15, -0.1) is 24.8 Å². The molecule has 4 nitrogen and oxygen atoms in total. The van der Waals surface area contributed by atoms with Gasteiger partial charge in [0.1, 0.15) is 5.75 Å². The van der Waals surface area contributed by atoms with Gasteiger partial charge in [-0.05, 0) is 56.3 Å². The molecule has 0 atom stereocenters. The first kappa shape index (κ1) is 23.1. The fourth-order valence-corrected chi connectivity index (χ4v) is 4.43. The molecule has 1 saturated carbocycles. The van der Waals surface area contributed by atoms with Crippen molar-refractivity contribution in [3.8, 4) is 5.75 Å². The molecule has 0 bridgehead atoms. The van der Waals surface area contributed by atoms with Crippen LogP contribution in [0, 0.1) is 5.92 Å². The van der Waals surface area contributed by atoms with Crippen LogP contribution in [0.2, 0.25) is 5.02 Å². The Morgan fingerprint density at radius 2 is 1.70 bits per heavy atom. The van der Waals surface area contributed by atoms with E-state index in [0.29, 0.717) is 6.10 Å². The summed E-state index contributed by atoms with van der Waals surface area (Å²) >= 11 is 6.63. The monoisotopic (exact) mass is 436 g/mol. The lowest BCUT2D eigenvalue weighted by Crippen LogP contribution is -2.45. The van der Waals surface area contributed by atoms with E-state index in [-0.39, 0.29) is 24.8 Å². The normalized spacial score (nSPS) is 26.0. The number of nitrogens with zero attached hydrogens (tertiary/aromatic N) is 2. The standard InChI is InChI=1S/C20H29ClN2O2.2ClH/c21-20-17(15-22-6-1-2-7-22)4-3-5-19(20)25-18-12-16(13-18)14-23-8-10-24-11-9-23;;/h3-5,16,18H,1-2,6-15H2;2*1H. The average molecular weight is 438 g/mol. The molecule has 0 amide bonds. The topological polar surface area (TPSA) is 24.9 Å². The molecule has 0 spiro atoms. The zero-order chi connectivity index (χ0) is 17.1. The molecule has 3 aliphatic rings. The van der Waals surface area contributed by atoms with Gasteiger partial charge >= 0.3 is 0 Å². The van der Waals surface area contributed by atoms with Gasteiger partial charge in [0.05, 0.1) is 24.3 Å². The predicted molar refractivity (Wildman–Crippen MR) is 115 cm³/mol. The first-order valence-corrected chi connectivity index (χ1v) is 10.1. The van der Waals surface area contributed by atoms with Crippen LogP contribution in [0.3, 0.4) is 0 Å². The zero-order valence-corrected chi connectivity index (χ0v) is 18.2. The van der Waals surface area contributed by atoms with Gasteiger partial charge in [0.25, 0.3) is 0 Å². The maximum atomic E-state index is 6.63. The molecule has 2 saturated heterocycles. The molecule has 0 unspecified atom stereocenters. The summed E-state index contributed by atoms with van der Waals surface area (Å²) in [6, 6.07) is 6.23. The summed E-state index contributed by atoms with van der Waals surface area (Å²) in [7, 11) is 0. The molecule has 27 heavy (non-hydrogen) atoms. The number of rotatable bonds is 6. The highest BCUT2D eigenvalue weighted by Gasteiger charge is 2.33. The third-order valence-electron chi connectivity index (χ3n) is 5.74. The molecule has 3 fully saturated rings. The Hall–Kier alpha value is -0.230. The Morgan fingerprint density at radius 3 is 2.41 bits per heavy atom. The Balaban J connectivity index is 0.00000131. The number of likely N-dealkylation sites (tertiary alicyclic amines) is 1. The van der Waals surface area contributed by atoms with Crippen molar-refractivity contribution in [2.75, 3.05) is 45.9 Å². The molecule has 2 heterocycles. The number of halogens is 3. The molecular weight excluding hydrogens is 407 g/mol. The van der Waals surface area contributed by atoms with E-state index < -0.39 is 0 Å². The van der Waals surface area contributed by atoms with Crippen LogP contribution in [-0.2, 0) is 11.3 Å². The van der Waals surface area contributed by atoms with Crippen molar-refractivity contribution < 1.29 is 9.47 Å². The van der Waals surface area contributed by atoms with E-state index >= 15 is 0 Å². The van der Waals surface area contributed by atoms with Crippen LogP contribution < -0.4 is 4.74 Å². The molecule has 7 heteroatoms. The smallest absolute Gasteiger partial charge is 0.138 e. The minimum absolute atomic E-state index is 0. The minimum Gasteiger partial charge on any atom is -0.489 e. The highest BCUT2D eigenvalue weighted by Crippen LogP contribution is 2.36. The predicted octanol–water partition coefficient (Wildman–Crippen LogP) is 4.27. The van der Waals surface area contributed by atoms with Crippen LogP contribution in [0.1, 0.15) is 31.2 Å². The quantitative estimate of drug-likeness (QED) is 0.663. The van der Waals surface area contributed by atoms with Gasteiger partial charge in [0, 0.05) is 26.2 Å². The van der Waals surface area contributed by atoms with Crippen LogP contribution in [0.15, 0.2) is 18.2 Å². The Bertz CT molecular complexity index is 572. The lowest BCUT2D eigenvalue weighted by atomic mass is 9.81. The van der Waals surface area contributed by atoms with E-state index in [4.69, 9.17) is 21.1 Å². The number of ether oxygens (including phenoxy) is 2. The summed E-state index contributed by atoms with van der Waals surface area (Å²) in [6.45, 7) is 8.42. The van der Waals surface area contributed by atoms with Crippen molar-refractivity contribution in [2.45, 2.75) is 38.3 Å². The van der Waals surface area contributed by atoms with Crippen LogP contribution >= 0.6 is 36.4 Å². The Kier molecular flexibility index (Phi) is 9.46. The molecule has 2 aliphatic heterocycles. The lowest BCUT2D eigenvalue weighted by molar-refractivity contribution is 0.000137. The minimum atomic E-state index is 0. The second kappa shape index (κ2) is 11.1. The number of hydrogen-bond acceptors (Lipinski definition) is 4. The van der Waals surface area contributed by atoms with E-state index in [0.717, 1.165) is 62.4 Å². The van der Waals surface area contributed by atoms with Crippen molar-refractivity contribution in [3.05, 3.63) is 28.8 Å². The molecule has 1 aromatic carbocycles. The van der Waals surface area contributed by atoms with Crippen LogP contribution in [0.25, 0.3) is 0 Å². The molecule has 4 rings (SSSR count). The third-order valence-corrected chi connectivity index (χ3v) is 6.17. The van der Waals surface area contributed by atoms with E-state index in [9.17, 15) is 0 Å². The maximum Gasteiger partial charge on any atom is 0.138 e. The van der Waals surface area contributed by atoms with Crippen molar-refractivity contribution in [3.63, 3.8) is 0 Å². The highest BCUT2D eigenvalue weighted by atomic mass is 35.5. The van der Waals surface area contributed by atoms with Gasteiger partial charge in [-0.2, -0.15) is 0 Å². The number of morpholine rings is 1. The average Bonchev–Trinajstić information content (AvgIpc) is 3.10. The maximum absolute atomic E-state index is 6.63. The van der Waals surface area contributed by atoms with Gasteiger partial charge < -0.3 is 9.47 Å². The lowest BCUT2D eigenvalue weighted by Gasteiger charge is -2.39. The van der Waals surface area contributed by atoms with Gasteiger partial charge in [0.2, 0.25) is 0 Å².